The molecule has 0 bridgehead atoms. The highest BCUT2D eigenvalue weighted by Crippen LogP contribution is 2.23. The molecule has 20 heavy (non-hydrogen) atoms. The van der Waals surface area contributed by atoms with Crippen LogP contribution in [0, 0.1) is 6.92 Å². The van der Waals surface area contributed by atoms with Gasteiger partial charge in [0.15, 0.2) is 0 Å². The van der Waals surface area contributed by atoms with Crippen molar-refractivity contribution < 1.29 is 9.53 Å². The number of anilines is 1. The fourth-order valence-corrected chi connectivity index (χ4v) is 2.51. The van der Waals surface area contributed by atoms with E-state index in [-0.39, 0.29) is 11.9 Å². The molecule has 1 atom stereocenters. The Bertz CT molecular complexity index is 476. The minimum atomic E-state index is -0.258. The number of benzene rings is 1. The van der Waals surface area contributed by atoms with E-state index in [1.807, 2.05) is 26.0 Å². The van der Waals surface area contributed by atoms with Gasteiger partial charge in [0.2, 0.25) is 5.91 Å². The molecule has 0 radical (unpaired) electrons. The fourth-order valence-electron chi connectivity index (χ4n) is 2.51. The first-order valence-electron chi connectivity index (χ1n) is 7.09. The number of likely N-dealkylation sites (N-methyl/N-ethyl adjacent to an activating group) is 1. The zero-order chi connectivity index (χ0) is 14.5. The Labute approximate surface area is 120 Å². The highest BCUT2D eigenvalue weighted by Gasteiger charge is 2.29. The van der Waals surface area contributed by atoms with E-state index < -0.39 is 0 Å². The molecule has 5 nitrogen and oxygen atoms in total. The van der Waals surface area contributed by atoms with Gasteiger partial charge in [0.25, 0.3) is 0 Å². The predicted molar refractivity (Wildman–Crippen MR) is 79.7 cm³/mol. The van der Waals surface area contributed by atoms with Crippen molar-refractivity contribution in [2.75, 3.05) is 31.2 Å². The van der Waals surface area contributed by atoms with Gasteiger partial charge in [-0.3, -0.25) is 4.79 Å². The summed E-state index contributed by atoms with van der Waals surface area (Å²) in [5.41, 5.74) is 9.05. The van der Waals surface area contributed by atoms with Gasteiger partial charge in [-0.2, -0.15) is 0 Å². The van der Waals surface area contributed by atoms with Crippen molar-refractivity contribution >= 4 is 11.6 Å². The number of morpholine rings is 1. The molecule has 1 saturated heterocycles. The maximum absolute atomic E-state index is 12.1. The molecule has 1 aliphatic heterocycles. The van der Waals surface area contributed by atoms with E-state index in [0.717, 1.165) is 23.4 Å². The lowest BCUT2D eigenvalue weighted by Gasteiger charge is -2.36. The lowest BCUT2D eigenvalue weighted by molar-refractivity contribution is -0.124. The highest BCUT2D eigenvalue weighted by atomic mass is 16.5. The summed E-state index contributed by atoms with van der Waals surface area (Å²) in [6, 6.07) is 5.91. The van der Waals surface area contributed by atoms with Crippen LogP contribution in [0.2, 0.25) is 0 Å². The van der Waals surface area contributed by atoms with Crippen LogP contribution in [0.4, 0.5) is 5.69 Å². The first-order valence-corrected chi connectivity index (χ1v) is 7.09. The van der Waals surface area contributed by atoms with Gasteiger partial charge in [0.1, 0.15) is 6.04 Å². The van der Waals surface area contributed by atoms with Crippen LogP contribution < -0.4 is 16.0 Å². The molecule has 1 aromatic carbocycles. The number of nitrogens with two attached hydrogens (primary N) is 1. The summed E-state index contributed by atoms with van der Waals surface area (Å²) in [6.45, 7) is 6.95. The maximum atomic E-state index is 12.1. The van der Waals surface area contributed by atoms with Crippen LogP contribution in [0.5, 0.6) is 0 Å². The Morgan fingerprint density at radius 1 is 1.55 bits per heavy atom. The fraction of sp³-hybridized carbons (Fsp3) is 0.533. The number of rotatable bonds is 4. The molecule has 1 aromatic rings. The van der Waals surface area contributed by atoms with E-state index in [1.54, 1.807) is 0 Å². The van der Waals surface area contributed by atoms with Crippen LogP contribution in [0.15, 0.2) is 18.2 Å². The predicted octanol–water partition coefficient (Wildman–Crippen LogP) is 0.795. The van der Waals surface area contributed by atoms with E-state index in [0.29, 0.717) is 26.3 Å². The number of nitrogens with zero attached hydrogens (tertiary/aromatic N) is 1. The number of carbonyl (C=O) groups is 1. The number of hydrogen-bond donors (Lipinski definition) is 2. The molecule has 3 N–H and O–H groups in total. The van der Waals surface area contributed by atoms with E-state index in [1.165, 1.54) is 0 Å². The van der Waals surface area contributed by atoms with Crippen LogP contribution in [0.3, 0.4) is 0 Å². The first kappa shape index (κ1) is 14.8. The SMILES string of the molecule is CCNC(=O)C1COCCN1c1ccc(CN)c(C)c1. The molecule has 0 aliphatic carbocycles. The third kappa shape index (κ3) is 3.11. The van der Waals surface area contributed by atoms with Gasteiger partial charge in [-0.05, 0) is 37.1 Å². The van der Waals surface area contributed by atoms with Gasteiger partial charge in [0.05, 0.1) is 13.2 Å². The van der Waals surface area contributed by atoms with E-state index in [4.69, 9.17) is 10.5 Å². The van der Waals surface area contributed by atoms with Crippen molar-refractivity contribution in [1.29, 1.82) is 0 Å². The van der Waals surface area contributed by atoms with Crippen molar-refractivity contribution in [3.05, 3.63) is 29.3 Å². The van der Waals surface area contributed by atoms with Gasteiger partial charge in [-0.25, -0.2) is 0 Å². The Morgan fingerprint density at radius 3 is 3.00 bits per heavy atom. The van der Waals surface area contributed by atoms with Crippen molar-refractivity contribution in [2.24, 2.45) is 5.73 Å². The van der Waals surface area contributed by atoms with Gasteiger partial charge < -0.3 is 20.7 Å². The average molecular weight is 277 g/mol. The molecule has 1 heterocycles. The maximum Gasteiger partial charge on any atom is 0.245 e. The minimum Gasteiger partial charge on any atom is -0.377 e. The van der Waals surface area contributed by atoms with Crippen molar-refractivity contribution in [1.82, 2.24) is 5.32 Å². The Kier molecular flexibility index (Phi) is 4.98. The van der Waals surface area contributed by atoms with Crippen LogP contribution in [-0.4, -0.2) is 38.3 Å². The molecule has 1 unspecified atom stereocenters. The largest absolute Gasteiger partial charge is 0.377 e. The molecule has 5 heteroatoms. The molecular weight excluding hydrogens is 254 g/mol. The van der Waals surface area contributed by atoms with E-state index in [9.17, 15) is 4.79 Å². The van der Waals surface area contributed by atoms with Gasteiger partial charge in [-0.1, -0.05) is 6.07 Å². The highest BCUT2D eigenvalue weighted by molar-refractivity contribution is 5.85. The third-order valence-corrected chi connectivity index (χ3v) is 3.66. The average Bonchev–Trinajstić information content (AvgIpc) is 2.47. The normalized spacial score (nSPS) is 18.9. The minimum absolute atomic E-state index is 0.0211. The molecule has 1 aliphatic rings. The molecule has 0 saturated carbocycles. The standard InChI is InChI=1S/C15H23N3O2/c1-3-17-15(19)14-10-20-7-6-18(14)13-5-4-12(9-16)11(2)8-13/h4-5,8,14H,3,6-7,9-10,16H2,1-2H3,(H,17,19). The summed E-state index contributed by atoms with van der Waals surface area (Å²) in [5.74, 6) is 0.0211. The van der Waals surface area contributed by atoms with Crippen LogP contribution >= 0.6 is 0 Å². The van der Waals surface area contributed by atoms with Crippen LogP contribution in [0.1, 0.15) is 18.1 Å². The smallest absolute Gasteiger partial charge is 0.245 e. The summed E-state index contributed by atoms with van der Waals surface area (Å²) in [6.07, 6.45) is 0. The molecule has 1 amide bonds. The summed E-state index contributed by atoms with van der Waals surface area (Å²) in [7, 11) is 0. The lowest BCUT2D eigenvalue weighted by atomic mass is 10.1. The second kappa shape index (κ2) is 6.72. The zero-order valence-corrected chi connectivity index (χ0v) is 12.2. The van der Waals surface area contributed by atoms with Crippen molar-refractivity contribution in [3.8, 4) is 0 Å². The molecule has 110 valence electrons. The van der Waals surface area contributed by atoms with Crippen LogP contribution in [-0.2, 0) is 16.1 Å². The quantitative estimate of drug-likeness (QED) is 0.854. The molecule has 0 aromatic heterocycles. The van der Waals surface area contributed by atoms with Gasteiger partial charge >= 0.3 is 0 Å². The second-order valence-electron chi connectivity index (χ2n) is 4.99. The number of amides is 1. The number of hydrogen-bond acceptors (Lipinski definition) is 4. The van der Waals surface area contributed by atoms with Crippen molar-refractivity contribution in [2.45, 2.75) is 26.4 Å². The second-order valence-corrected chi connectivity index (χ2v) is 4.99. The zero-order valence-electron chi connectivity index (χ0n) is 12.2. The van der Waals surface area contributed by atoms with Crippen molar-refractivity contribution in [3.63, 3.8) is 0 Å². The van der Waals surface area contributed by atoms with Gasteiger partial charge in [-0.15, -0.1) is 0 Å². The summed E-state index contributed by atoms with van der Waals surface area (Å²) in [4.78, 5) is 14.2. The molecule has 1 fully saturated rings. The Morgan fingerprint density at radius 2 is 2.35 bits per heavy atom. The number of aryl methyl sites for hydroxylation is 1. The number of carbonyl (C=O) groups excluding carboxylic acids is 1. The monoisotopic (exact) mass is 277 g/mol. The lowest BCUT2D eigenvalue weighted by Crippen LogP contribution is -2.54. The molecule has 0 spiro atoms. The van der Waals surface area contributed by atoms with E-state index in [2.05, 4.69) is 16.3 Å². The third-order valence-electron chi connectivity index (χ3n) is 3.66. The topological polar surface area (TPSA) is 67.6 Å². The summed E-state index contributed by atoms with van der Waals surface area (Å²) in [5, 5.41) is 2.87. The number of nitrogens with one attached hydrogen (secondary N) is 1. The summed E-state index contributed by atoms with van der Waals surface area (Å²) < 4.78 is 5.45. The van der Waals surface area contributed by atoms with E-state index >= 15 is 0 Å². The summed E-state index contributed by atoms with van der Waals surface area (Å²) >= 11 is 0. The Balaban J connectivity index is 2.23. The van der Waals surface area contributed by atoms with Crippen LogP contribution in [0.25, 0.3) is 0 Å². The first-order chi connectivity index (χ1) is 9.67. The molecular formula is C15H23N3O2. The van der Waals surface area contributed by atoms with Gasteiger partial charge in [0, 0.05) is 25.3 Å². The molecule has 2 rings (SSSR count). The number of ether oxygens (including phenoxy) is 1. The Hall–Kier alpha value is -1.59.